The maximum atomic E-state index is 12.9. The van der Waals surface area contributed by atoms with E-state index in [1.165, 1.54) is 12.7 Å². The van der Waals surface area contributed by atoms with Gasteiger partial charge >= 0.3 is 0 Å². The van der Waals surface area contributed by atoms with Crippen molar-refractivity contribution in [3.05, 3.63) is 60.6 Å². The Morgan fingerprint density at radius 3 is 2.92 bits per heavy atom. The van der Waals surface area contributed by atoms with Gasteiger partial charge in [0.1, 0.15) is 0 Å². The molecular weight excluding hydrogens is 308 g/mol. The molecule has 3 aromatic rings. The molecule has 3 rings (SSSR count). The Hall–Kier alpha value is -3.40. The first kappa shape index (κ1) is 15.5. The minimum Gasteiger partial charge on any atom is -0.461 e. The van der Waals surface area contributed by atoms with Crippen LogP contribution in [0.15, 0.2) is 58.2 Å². The lowest BCUT2D eigenvalue weighted by Gasteiger charge is -2.20. The van der Waals surface area contributed by atoms with Gasteiger partial charge in [-0.25, -0.2) is 4.98 Å². The Labute approximate surface area is 138 Å². The van der Waals surface area contributed by atoms with Crippen LogP contribution >= 0.6 is 0 Å². The van der Waals surface area contributed by atoms with Crippen molar-refractivity contribution in [2.45, 2.75) is 13.0 Å². The van der Waals surface area contributed by atoms with Crippen molar-refractivity contribution in [3.8, 4) is 17.6 Å². The SMILES string of the molecule is N#CCCN(Cc1cccnc1)C(=O)c1ncoc1-c1ccco1. The molecule has 0 N–H and O–H groups in total. The molecule has 0 saturated carbocycles. The van der Waals surface area contributed by atoms with Crippen LogP contribution in [0.5, 0.6) is 0 Å². The van der Waals surface area contributed by atoms with Crippen molar-refractivity contribution in [2.24, 2.45) is 0 Å². The van der Waals surface area contributed by atoms with Crippen molar-refractivity contribution in [1.29, 1.82) is 5.26 Å². The first-order chi connectivity index (χ1) is 11.8. The zero-order valence-corrected chi connectivity index (χ0v) is 12.8. The highest BCUT2D eigenvalue weighted by Gasteiger charge is 2.25. The number of nitrogens with zero attached hydrogens (tertiary/aromatic N) is 4. The highest BCUT2D eigenvalue weighted by molar-refractivity contribution is 5.97. The van der Waals surface area contributed by atoms with Crippen molar-refractivity contribution >= 4 is 5.91 Å². The number of rotatable bonds is 6. The monoisotopic (exact) mass is 322 g/mol. The summed E-state index contributed by atoms with van der Waals surface area (Å²) in [5, 5.41) is 8.85. The summed E-state index contributed by atoms with van der Waals surface area (Å²) >= 11 is 0. The van der Waals surface area contributed by atoms with Crippen molar-refractivity contribution in [2.75, 3.05) is 6.54 Å². The number of aromatic nitrogens is 2. The van der Waals surface area contributed by atoms with Crippen LogP contribution in [0.3, 0.4) is 0 Å². The second-order valence-electron chi connectivity index (χ2n) is 5.00. The second kappa shape index (κ2) is 7.24. The minimum absolute atomic E-state index is 0.159. The largest absolute Gasteiger partial charge is 0.461 e. The quantitative estimate of drug-likeness (QED) is 0.692. The molecule has 24 heavy (non-hydrogen) atoms. The lowest BCUT2D eigenvalue weighted by molar-refractivity contribution is 0.0741. The summed E-state index contributed by atoms with van der Waals surface area (Å²) < 4.78 is 10.6. The molecule has 1 amide bonds. The average Bonchev–Trinajstić information content (AvgIpc) is 3.29. The van der Waals surface area contributed by atoms with Crippen molar-refractivity contribution in [3.63, 3.8) is 0 Å². The van der Waals surface area contributed by atoms with E-state index < -0.39 is 0 Å². The molecule has 7 heteroatoms. The molecule has 0 aliphatic heterocycles. The lowest BCUT2D eigenvalue weighted by Crippen LogP contribution is -2.32. The summed E-state index contributed by atoms with van der Waals surface area (Å²) in [6.07, 6.45) is 6.27. The Balaban J connectivity index is 1.87. The molecule has 0 aromatic carbocycles. The van der Waals surface area contributed by atoms with Crippen LogP contribution in [-0.4, -0.2) is 27.3 Å². The van der Waals surface area contributed by atoms with Crippen LogP contribution in [-0.2, 0) is 6.54 Å². The summed E-state index contributed by atoms with van der Waals surface area (Å²) in [5.74, 6) is 0.379. The molecular formula is C17H14N4O3. The number of pyridine rings is 1. The molecule has 0 aliphatic rings. The fourth-order valence-electron chi connectivity index (χ4n) is 2.28. The van der Waals surface area contributed by atoms with E-state index in [0.717, 1.165) is 5.56 Å². The maximum absolute atomic E-state index is 12.9. The number of hydrogen-bond acceptors (Lipinski definition) is 6. The van der Waals surface area contributed by atoms with Gasteiger partial charge in [0.05, 0.1) is 18.8 Å². The molecule has 0 spiro atoms. The predicted molar refractivity (Wildman–Crippen MR) is 83.4 cm³/mol. The third kappa shape index (κ3) is 3.33. The molecule has 0 atom stereocenters. The molecule has 0 bridgehead atoms. The number of carbonyl (C=O) groups excluding carboxylic acids is 1. The normalized spacial score (nSPS) is 10.3. The summed E-state index contributed by atoms with van der Waals surface area (Å²) in [6, 6.07) is 9.12. The topological polar surface area (TPSA) is 96.2 Å². The molecule has 0 fully saturated rings. The van der Waals surface area contributed by atoms with Gasteiger partial charge < -0.3 is 13.7 Å². The summed E-state index contributed by atoms with van der Waals surface area (Å²) in [6.45, 7) is 0.619. The van der Waals surface area contributed by atoms with Crippen molar-refractivity contribution < 1.29 is 13.6 Å². The molecule has 0 aliphatic carbocycles. The minimum atomic E-state index is -0.325. The number of furan rings is 1. The average molecular weight is 322 g/mol. The smallest absolute Gasteiger partial charge is 0.276 e. The highest BCUT2D eigenvalue weighted by Crippen LogP contribution is 2.25. The standard InChI is InChI=1S/C17H14N4O3/c18-6-3-8-21(11-13-4-1-7-19-10-13)17(22)15-16(24-12-20-15)14-5-2-9-23-14/h1-2,4-5,7,9-10,12H,3,8,11H2. The van der Waals surface area contributed by atoms with Gasteiger partial charge in [0.25, 0.3) is 5.91 Å². The molecule has 7 nitrogen and oxygen atoms in total. The number of carbonyl (C=O) groups is 1. The summed E-state index contributed by atoms with van der Waals surface area (Å²) in [7, 11) is 0. The maximum Gasteiger partial charge on any atom is 0.276 e. The number of oxazole rings is 1. The van der Waals surface area contributed by atoms with Gasteiger partial charge in [-0.1, -0.05) is 6.07 Å². The Kier molecular flexibility index (Phi) is 4.68. The van der Waals surface area contributed by atoms with Crippen LogP contribution in [0.25, 0.3) is 11.5 Å². The van der Waals surface area contributed by atoms with Gasteiger partial charge in [0, 0.05) is 25.5 Å². The van der Waals surface area contributed by atoms with Crippen LogP contribution in [0.4, 0.5) is 0 Å². The van der Waals surface area contributed by atoms with E-state index in [9.17, 15) is 4.79 Å². The van der Waals surface area contributed by atoms with E-state index >= 15 is 0 Å². The molecule has 3 aromatic heterocycles. The highest BCUT2D eigenvalue weighted by atomic mass is 16.4. The van der Waals surface area contributed by atoms with Gasteiger partial charge in [0.2, 0.25) is 5.76 Å². The zero-order chi connectivity index (χ0) is 16.8. The Morgan fingerprint density at radius 1 is 1.29 bits per heavy atom. The zero-order valence-electron chi connectivity index (χ0n) is 12.8. The molecule has 0 saturated heterocycles. The van der Waals surface area contributed by atoms with Crippen LogP contribution in [0.2, 0.25) is 0 Å². The van der Waals surface area contributed by atoms with E-state index in [4.69, 9.17) is 14.1 Å². The second-order valence-corrected chi connectivity index (χ2v) is 5.00. The molecule has 3 heterocycles. The van der Waals surface area contributed by atoms with Crippen LogP contribution < -0.4 is 0 Å². The molecule has 120 valence electrons. The third-order valence-electron chi connectivity index (χ3n) is 3.39. The fraction of sp³-hybridized carbons (Fsp3) is 0.176. The van der Waals surface area contributed by atoms with Crippen molar-refractivity contribution in [1.82, 2.24) is 14.9 Å². The van der Waals surface area contributed by atoms with Gasteiger partial charge in [-0.15, -0.1) is 0 Å². The van der Waals surface area contributed by atoms with Crippen LogP contribution in [0.1, 0.15) is 22.5 Å². The number of hydrogen-bond donors (Lipinski definition) is 0. The third-order valence-corrected chi connectivity index (χ3v) is 3.39. The Morgan fingerprint density at radius 2 is 2.21 bits per heavy atom. The van der Waals surface area contributed by atoms with E-state index in [0.29, 0.717) is 12.3 Å². The van der Waals surface area contributed by atoms with Gasteiger partial charge in [-0.2, -0.15) is 5.26 Å². The fourth-order valence-corrected chi connectivity index (χ4v) is 2.28. The predicted octanol–water partition coefficient (Wildman–Crippen LogP) is 2.89. The summed E-state index contributed by atoms with van der Waals surface area (Å²) in [5.41, 5.74) is 1.03. The Bertz CT molecular complexity index is 834. The van der Waals surface area contributed by atoms with Gasteiger partial charge in [-0.3, -0.25) is 9.78 Å². The van der Waals surface area contributed by atoms with Gasteiger partial charge in [0.15, 0.2) is 17.8 Å². The molecule has 0 radical (unpaired) electrons. The van der Waals surface area contributed by atoms with Crippen LogP contribution in [0, 0.1) is 11.3 Å². The van der Waals surface area contributed by atoms with Gasteiger partial charge in [-0.05, 0) is 23.8 Å². The van der Waals surface area contributed by atoms with E-state index in [-0.39, 0.29) is 30.3 Å². The number of amides is 1. The van der Waals surface area contributed by atoms with E-state index in [1.54, 1.807) is 35.5 Å². The van der Waals surface area contributed by atoms with E-state index in [2.05, 4.69) is 16.0 Å². The first-order valence-electron chi connectivity index (χ1n) is 7.32. The summed E-state index contributed by atoms with van der Waals surface area (Å²) in [4.78, 5) is 22.5. The van der Waals surface area contributed by atoms with E-state index in [1.807, 2.05) is 6.07 Å². The lowest BCUT2D eigenvalue weighted by atomic mass is 10.2. The number of nitriles is 1. The first-order valence-corrected chi connectivity index (χ1v) is 7.32. The molecule has 0 unspecified atom stereocenters.